The van der Waals surface area contributed by atoms with E-state index in [1.165, 1.54) is 0 Å². The molecule has 92 valence electrons. The summed E-state index contributed by atoms with van der Waals surface area (Å²) in [6, 6.07) is -0.375. The van der Waals surface area contributed by atoms with Crippen LogP contribution >= 0.6 is 0 Å². The fourth-order valence-corrected chi connectivity index (χ4v) is 4.31. The van der Waals surface area contributed by atoms with E-state index in [4.69, 9.17) is 4.74 Å². The molecule has 7 heteroatoms. The highest BCUT2D eigenvalue weighted by atomic mass is 32.2. The summed E-state index contributed by atoms with van der Waals surface area (Å²) in [5, 5.41) is 2.61. The maximum Gasteiger partial charge on any atom is 0.207 e. The van der Waals surface area contributed by atoms with Gasteiger partial charge in [0.1, 0.15) is 0 Å². The summed E-state index contributed by atoms with van der Waals surface area (Å²) in [5.41, 5.74) is 0. The van der Waals surface area contributed by atoms with Crippen LogP contribution in [0.15, 0.2) is 0 Å². The Morgan fingerprint density at radius 1 is 1.25 bits per heavy atom. The van der Waals surface area contributed by atoms with Crippen molar-refractivity contribution in [2.45, 2.75) is 12.1 Å². The molecule has 2 atom stereocenters. The smallest absolute Gasteiger partial charge is 0.207 e. The zero-order chi connectivity index (χ0) is 11.6. The van der Waals surface area contributed by atoms with E-state index >= 15 is 0 Å². The second-order valence-electron chi connectivity index (χ2n) is 4.18. The number of ether oxygens (including phenoxy) is 1. The van der Waals surface area contributed by atoms with Crippen LogP contribution in [0.5, 0.6) is 0 Å². The molecule has 16 heavy (non-hydrogen) atoms. The number of hydrogen-bond acceptors (Lipinski definition) is 5. The summed E-state index contributed by atoms with van der Waals surface area (Å²) in [5.74, 6) is 0.187. The molecule has 0 aliphatic carbocycles. The van der Waals surface area contributed by atoms with E-state index < -0.39 is 9.84 Å². The maximum atomic E-state index is 11.6. The van der Waals surface area contributed by atoms with Crippen LogP contribution < -0.4 is 5.32 Å². The molecule has 2 fully saturated rings. The lowest BCUT2D eigenvalue weighted by molar-refractivity contribution is -0.110. The quantitative estimate of drug-likeness (QED) is 0.598. The molecule has 6 nitrogen and oxygen atoms in total. The fraction of sp³-hybridized carbons (Fsp3) is 0.889. The van der Waals surface area contributed by atoms with Crippen LogP contribution in [0.2, 0.25) is 0 Å². The first-order valence-electron chi connectivity index (χ1n) is 5.34. The minimum Gasteiger partial charge on any atom is -0.379 e. The molecular weight excluding hydrogens is 232 g/mol. The number of nitrogens with zero attached hydrogens (tertiary/aromatic N) is 1. The van der Waals surface area contributed by atoms with E-state index in [1.54, 1.807) is 0 Å². The van der Waals surface area contributed by atoms with Crippen molar-refractivity contribution in [2.24, 2.45) is 0 Å². The summed E-state index contributed by atoms with van der Waals surface area (Å²) in [7, 11) is -3.02. The van der Waals surface area contributed by atoms with Gasteiger partial charge >= 0.3 is 0 Å². The minimum absolute atomic E-state index is 0.0494. The van der Waals surface area contributed by atoms with Gasteiger partial charge in [-0.1, -0.05) is 0 Å². The normalized spacial score (nSPS) is 34.8. The van der Waals surface area contributed by atoms with E-state index in [9.17, 15) is 13.2 Å². The zero-order valence-electron chi connectivity index (χ0n) is 8.96. The third kappa shape index (κ3) is 2.53. The lowest BCUT2D eigenvalue weighted by atomic mass is 10.1. The highest BCUT2D eigenvalue weighted by molar-refractivity contribution is 7.91. The van der Waals surface area contributed by atoms with E-state index in [2.05, 4.69) is 10.2 Å². The number of rotatable bonds is 3. The molecule has 0 aromatic rings. The number of carbonyl (C=O) groups excluding carboxylic acids is 1. The Morgan fingerprint density at radius 3 is 2.56 bits per heavy atom. The molecule has 2 saturated heterocycles. The maximum absolute atomic E-state index is 11.6. The monoisotopic (exact) mass is 248 g/mol. The van der Waals surface area contributed by atoms with Crippen LogP contribution in [0, 0.1) is 0 Å². The van der Waals surface area contributed by atoms with Crippen LogP contribution in [-0.4, -0.2) is 69.6 Å². The molecule has 0 aromatic heterocycles. The molecule has 0 bridgehead atoms. The van der Waals surface area contributed by atoms with Crippen molar-refractivity contribution >= 4 is 16.2 Å². The Hall–Kier alpha value is -0.660. The van der Waals surface area contributed by atoms with Gasteiger partial charge in [-0.15, -0.1) is 0 Å². The van der Waals surface area contributed by atoms with Crippen molar-refractivity contribution in [1.29, 1.82) is 0 Å². The summed E-state index contributed by atoms with van der Waals surface area (Å²) in [6.07, 6.45) is 0.582. The first-order chi connectivity index (χ1) is 7.62. The highest BCUT2D eigenvalue weighted by Gasteiger charge is 2.41. The standard InChI is InChI=1S/C9H16N2O4S/c12-7-10-8-5-16(13,14)6-9(8)11-1-3-15-4-2-11/h7-9H,1-6H2,(H,10,12)/t8-,9+/m0/s1. The molecule has 0 unspecified atom stereocenters. The predicted octanol–water partition coefficient (Wildman–Crippen LogP) is -1.77. The molecule has 0 spiro atoms. The number of nitrogens with one attached hydrogen (secondary N) is 1. The minimum atomic E-state index is -3.02. The Bertz CT molecular complexity index is 351. The molecule has 2 rings (SSSR count). The SMILES string of the molecule is O=CN[C@H]1CS(=O)(=O)C[C@H]1N1CCOCC1. The Kier molecular flexibility index (Phi) is 3.46. The van der Waals surface area contributed by atoms with Crippen LogP contribution in [0.25, 0.3) is 0 Å². The first-order valence-corrected chi connectivity index (χ1v) is 7.16. The number of amides is 1. The van der Waals surface area contributed by atoms with Crippen LogP contribution in [0.3, 0.4) is 0 Å². The highest BCUT2D eigenvalue weighted by Crippen LogP contribution is 2.19. The average Bonchev–Trinajstić information content (AvgIpc) is 2.56. The Morgan fingerprint density at radius 2 is 1.94 bits per heavy atom. The van der Waals surface area contributed by atoms with E-state index in [1.807, 2.05) is 0 Å². The van der Waals surface area contributed by atoms with Crippen molar-refractivity contribution in [3.63, 3.8) is 0 Å². The van der Waals surface area contributed by atoms with Crippen molar-refractivity contribution in [1.82, 2.24) is 10.2 Å². The molecule has 2 aliphatic heterocycles. The second-order valence-corrected chi connectivity index (χ2v) is 6.34. The number of hydrogen-bond donors (Lipinski definition) is 1. The van der Waals surface area contributed by atoms with Gasteiger partial charge in [0.05, 0.1) is 30.8 Å². The van der Waals surface area contributed by atoms with E-state index in [-0.39, 0.29) is 23.6 Å². The molecule has 0 aromatic carbocycles. The van der Waals surface area contributed by atoms with Crippen LogP contribution in [0.4, 0.5) is 0 Å². The Labute approximate surface area is 94.9 Å². The molecule has 0 radical (unpaired) electrons. The molecule has 1 amide bonds. The molecular formula is C9H16N2O4S. The summed E-state index contributed by atoms with van der Waals surface area (Å²) in [6.45, 7) is 2.73. The van der Waals surface area contributed by atoms with Crippen LogP contribution in [0.1, 0.15) is 0 Å². The van der Waals surface area contributed by atoms with Gasteiger partial charge in [-0.25, -0.2) is 8.42 Å². The molecule has 1 N–H and O–H groups in total. The van der Waals surface area contributed by atoms with Gasteiger partial charge < -0.3 is 10.1 Å². The second kappa shape index (κ2) is 4.68. The third-order valence-corrected chi connectivity index (χ3v) is 4.84. The van der Waals surface area contributed by atoms with Gasteiger partial charge in [0.2, 0.25) is 6.41 Å². The average molecular weight is 248 g/mol. The van der Waals surface area contributed by atoms with Crippen molar-refractivity contribution in [3.8, 4) is 0 Å². The van der Waals surface area contributed by atoms with Gasteiger partial charge in [0.25, 0.3) is 0 Å². The Balaban J connectivity index is 2.07. The van der Waals surface area contributed by atoms with Gasteiger partial charge in [0, 0.05) is 19.1 Å². The lowest BCUT2D eigenvalue weighted by Crippen LogP contribution is -2.52. The summed E-state index contributed by atoms with van der Waals surface area (Å²) < 4.78 is 28.3. The van der Waals surface area contributed by atoms with Gasteiger partial charge in [0.15, 0.2) is 9.84 Å². The van der Waals surface area contributed by atoms with E-state index in [0.717, 1.165) is 13.1 Å². The summed E-state index contributed by atoms with van der Waals surface area (Å²) >= 11 is 0. The first kappa shape index (κ1) is 11.8. The van der Waals surface area contributed by atoms with Crippen molar-refractivity contribution in [2.75, 3.05) is 37.8 Å². The molecule has 2 aliphatic rings. The van der Waals surface area contributed by atoms with Crippen molar-refractivity contribution < 1.29 is 17.9 Å². The van der Waals surface area contributed by atoms with Gasteiger partial charge in [-0.3, -0.25) is 9.69 Å². The molecule has 2 heterocycles. The fourth-order valence-electron chi connectivity index (χ4n) is 2.34. The largest absolute Gasteiger partial charge is 0.379 e. The number of carbonyl (C=O) groups is 1. The zero-order valence-corrected chi connectivity index (χ0v) is 9.78. The lowest BCUT2D eigenvalue weighted by Gasteiger charge is -2.34. The third-order valence-electron chi connectivity index (χ3n) is 3.12. The van der Waals surface area contributed by atoms with Gasteiger partial charge in [-0.2, -0.15) is 0 Å². The predicted molar refractivity (Wildman–Crippen MR) is 57.8 cm³/mol. The van der Waals surface area contributed by atoms with E-state index in [0.29, 0.717) is 19.6 Å². The molecule has 0 saturated carbocycles. The summed E-state index contributed by atoms with van der Waals surface area (Å²) in [4.78, 5) is 12.5. The van der Waals surface area contributed by atoms with Gasteiger partial charge in [-0.05, 0) is 0 Å². The number of sulfone groups is 1. The van der Waals surface area contributed by atoms with Crippen LogP contribution in [-0.2, 0) is 19.4 Å². The van der Waals surface area contributed by atoms with Crippen molar-refractivity contribution in [3.05, 3.63) is 0 Å². The topological polar surface area (TPSA) is 75.7 Å². The number of morpholine rings is 1.